The van der Waals surface area contributed by atoms with Crippen LogP contribution in [-0.4, -0.2) is 40.8 Å². The van der Waals surface area contributed by atoms with E-state index >= 15 is 0 Å². The standard InChI is InChI=1S/C11H14N2O3/c14-8-7-12-6-5-11(16)13(12)9-3-1-2-4-10(9)15/h1-4,14-15H,5-8H2. The van der Waals surface area contributed by atoms with E-state index in [1.54, 1.807) is 23.2 Å². The van der Waals surface area contributed by atoms with Crippen LogP contribution in [0.5, 0.6) is 5.75 Å². The van der Waals surface area contributed by atoms with Gasteiger partial charge in [0.05, 0.1) is 6.61 Å². The number of hydrazine groups is 1. The number of amides is 1. The molecule has 0 unspecified atom stereocenters. The zero-order valence-electron chi connectivity index (χ0n) is 8.83. The normalized spacial score (nSPS) is 17.1. The van der Waals surface area contributed by atoms with E-state index in [0.29, 0.717) is 25.2 Å². The van der Waals surface area contributed by atoms with Crippen LogP contribution in [0.25, 0.3) is 0 Å². The number of rotatable bonds is 3. The third-order valence-corrected chi connectivity index (χ3v) is 2.57. The predicted molar refractivity (Wildman–Crippen MR) is 58.9 cm³/mol. The van der Waals surface area contributed by atoms with Crippen LogP contribution in [0.4, 0.5) is 5.69 Å². The SMILES string of the molecule is O=C1CCN(CCO)N1c1ccccc1O. The Labute approximate surface area is 93.5 Å². The number of aliphatic hydroxyl groups is 1. The first-order valence-electron chi connectivity index (χ1n) is 5.20. The molecule has 0 bridgehead atoms. The van der Waals surface area contributed by atoms with Crippen LogP contribution in [0.15, 0.2) is 24.3 Å². The van der Waals surface area contributed by atoms with Gasteiger partial charge in [0.15, 0.2) is 0 Å². The van der Waals surface area contributed by atoms with Gasteiger partial charge >= 0.3 is 0 Å². The number of anilines is 1. The lowest BCUT2D eigenvalue weighted by atomic mass is 10.3. The molecule has 1 aliphatic rings. The molecule has 1 aromatic carbocycles. The Balaban J connectivity index is 2.30. The van der Waals surface area contributed by atoms with E-state index in [9.17, 15) is 9.90 Å². The number of carbonyl (C=O) groups is 1. The summed E-state index contributed by atoms with van der Waals surface area (Å²) < 4.78 is 0. The number of phenols is 1. The number of aromatic hydroxyl groups is 1. The number of carbonyl (C=O) groups excluding carboxylic acids is 1. The first kappa shape index (κ1) is 10.9. The quantitative estimate of drug-likeness (QED) is 0.774. The second-order valence-corrected chi connectivity index (χ2v) is 3.62. The van der Waals surface area contributed by atoms with E-state index in [2.05, 4.69) is 0 Å². The average Bonchev–Trinajstić information content (AvgIpc) is 2.62. The fraction of sp³-hybridized carbons (Fsp3) is 0.364. The van der Waals surface area contributed by atoms with E-state index < -0.39 is 0 Å². The van der Waals surface area contributed by atoms with Gasteiger partial charge in [-0.2, -0.15) is 0 Å². The lowest BCUT2D eigenvalue weighted by Crippen LogP contribution is -2.40. The van der Waals surface area contributed by atoms with Crippen molar-refractivity contribution in [1.29, 1.82) is 0 Å². The van der Waals surface area contributed by atoms with Crippen molar-refractivity contribution in [2.75, 3.05) is 24.7 Å². The molecule has 0 aliphatic carbocycles. The number of hydrogen-bond acceptors (Lipinski definition) is 4. The average molecular weight is 222 g/mol. The van der Waals surface area contributed by atoms with Gasteiger partial charge in [0.1, 0.15) is 11.4 Å². The summed E-state index contributed by atoms with van der Waals surface area (Å²) in [6, 6.07) is 6.69. The highest BCUT2D eigenvalue weighted by Crippen LogP contribution is 2.30. The molecule has 86 valence electrons. The van der Waals surface area contributed by atoms with E-state index in [1.165, 1.54) is 11.1 Å². The fourth-order valence-corrected chi connectivity index (χ4v) is 1.85. The molecular weight excluding hydrogens is 208 g/mol. The molecule has 5 nitrogen and oxygen atoms in total. The number of nitrogens with zero attached hydrogens (tertiary/aromatic N) is 2. The Hall–Kier alpha value is -1.59. The second kappa shape index (κ2) is 4.51. The highest BCUT2D eigenvalue weighted by Gasteiger charge is 2.31. The molecule has 0 saturated carbocycles. The van der Waals surface area contributed by atoms with Gasteiger partial charge in [-0.25, -0.2) is 10.0 Å². The van der Waals surface area contributed by atoms with E-state index in [0.717, 1.165) is 0 Å². The second-order valence-electron chi connectivity index (χ2n) is 3.62. The molecule has 5 heteroatoms. The summed E-state index contributed by atoms with van der Waals surface area (Å²) in [5.74, 6) is 0.00985. The van der Waals surface area contributed by atoms with Crippen LogP contribution in [0.1, 0.15) is 6.42 Å². The Kier molecular flexibility index (Phi) is 3.07. The molecule has 16 heavy (non-hydrogen) atoms. The first-order valence-corrected chi connectivity index (χ1v) is 5.20. The predicted octanol–water partition coefficient (Wildman–Crippen LogP) is 0.338. The minimum absolute atomic E-state index is 0.0165. The van der Waals surface area contributed by atoms with Gasteiger partial charge in [-0.3, -0.25) is 4.79 Å². The first-order chi connectivity index (χ1) is 7.74. The zero-order chi connectivity index (χ0) is 11.5. The van der Waals surface area contributed by atoms with Crippen molar-refractivity contribution in [3.63, 3.8) is 0 Å². The molecule has 0 spiro atoms. The van der Waals surface area contributed by atoms with Crippen LogP contribution in [0.3, 0.4) is 0 Å². The molecule has 1 saturated heterocycles. The van der Waals surface area contributed by atoms with Gasteiger partial charge in [0.25, 0.3) is 0 Å². The molecular formula is C11H14N2O3. The molecule has 1 aliphatic heterocycles. The summed E-state index contributed by atoms with van der Waals surface area (Å²) in [6.07, 6.45) is 0.411. The van der Waals surface area contributed by atoms with Gasteiger partial charge in [-0.05, 0) is 12.1 Å². The largest absolute Gasteiger partial charge is 0.506 e. The Morgan fingerprint density at radius 1 is 1.31 bits per heavy atom. The third kappa shape index (κ3) is 1.87. The number of hydrogen-bond donors (Lipinski definition) is 2. The highest BCUT2D eigenvalue weighted by atomic mass is 16.3. The summed E-state index contributed by atoms with van der Waals surface area (Å²) in [4.78, 5) is 11.7. The molecule has 2 rings (SSSR count). The number of phenolic OH excluding ortho intramolecular Hbond substituents is 1. The number of para-hydroxylation sites is 2. The smallest absolute Gasteiger partial charge is 0.243 e. The Morgan fingerprint density at radius 3 is 2.75 bits per heavy atom. The van der Waals surface area contributed by atoms with E-state index in [4.69, 9.17) is 5.11 Å². The lowest BCUT2D eigenvalue weighted by Gasteiger charge is -2.27. The highest BCUT2D eigenvalue weighted by molar-refractivity contribution is 5.95. The number of benzene rings is 1. The van der Waals surface area contributed by atoms with Crippen LogP contribution >= 0.6 is 0 Å². The topological polar surface area (TPSA) is 64.0 Å². The molecule has 0 aromatic heterocycles. The molecule has 1 fully saturated rings. The van der Waals surface area contributed by atoms with Crippen molar-refractivity contribution in [2.45, 2.75) is 6.42 Å². The number of aliphatic hydroxyl groups excluding tert-OH is 1. The summed E-state index contributed by atoms with van der Waals surface area (Å²) in [6.45, 7) is 0.950. The summed E-state index contributed by atoms with van der Waals surface area (Å²) in [7, 11) is 0. The molecule has 0 radical (unpaired) electrons. The number of β-amino-alcohol motifs (C(OH)–C–C–N with tert-alkyl or cyclic N) is 1. The Bertz CT molecular complexity index is 395. The van der Waals surface area contributed by atoms with Gasteiger partial charge < -0.3 is 10.2 Å². The van der Waals surface area contributed by atoms with E-state index in [-0.39, 0.29) is 18.3 Å². The maximum absolute atomic E-state index is 11.7. The summed E-state index contributed by atoms with van der Waals surface area (Å²) >= 11 is 0. The van der Waals surface area contributed by atoms with Crippen LogP contribution < -0.4 is 5.01 Å². The van der Waals surface area contributed by atoms with Gasteiger partial charge in [0, 0.05) is 19.5 Å². The van der Waals surface area contributed by atoms with Gasteiger partial charge in [0.2, 0.25) is 5.91 Å². The van der Waals surface area contributed by atoms with Crippen molar-refractivity contribution in [2.24, 2.45) is 0 Å². The minimum atomic E-state index is -0.0602. The maximum atomic E-state index is 11.7. The van der Waals surface area contributed by atoms with Gasteiger partial charge in [-0.1, -0.05) is 12.1 Å². The minimum Gasteiger partial charge on any atom is -0.506 e. The van der Waals surface area contributed by atoms with Crippen LogP contribution in [0.2, 0.25) is 0 Å². The summed E-state index contributed by atoms with van der Waals surface area (Å²) in [5, 5.41) is 21.8. The van der Waals surface area contributed by atoms with Crippen molar-refractivity contribution in [3.8, 4) is 5.75 Å². The Morgan fingerprint density at radius 2 is 2.06 bits per heavy atom. The molecule has 2 N–H and O–H groups in total. The zero-order valence-corrected chi connectivity index (χ0v) is 8.83. The monoisotopic (exact) mass is 222 g/mol. The molecule has 0 atom stereocenters. The van der Waals surface area contributed by atoms with Crippen LogP contribution in [-0.2, 0) is 4.79 Å². The molecule has 1 heterocycles. The fourth-order valence-electron chi connectivity index (χ4n) is 1.85. The van der Waals surface area contributed by atoms with Crippen molar-refractivity contribution in [1.82, 2.24) is 5.01 Å². The van der Waals surface area contributed by atoms with Crippen LogP contribution in [0, 0.1) is 0 Å². The van der Waals surface area contributed by atoms with Gasteiger partial charge in [-0.15, -0.1) is 0 Å². The molecule has 1 amide bonds. The van der Waals surface area contributed by atoms with Crippen molar-refractivity contribution in [3.05, 3.63) is 24.3 Å². The lowest BCUT2D eigenvalue weighted by molar-refractivity contribution is -0.118. The van der Waals surface area contributed by atoms with Crippen molar-refractivity contribution < 1.29 is 15.0 Å². The third-order valence-electron chi connectivity index (χ3n) is 2.57. The maximum Gasteiger partial charge on any atom is 0.243 e. The molecule has 1 aromatic rings. The van der Waals surface area contributed by atoms with E-state index in [1.807, 2.05) is 0 Å². The summed E-state index contributed by atoms with van der Waals surface area (Å²) in [5.41, 5.74) is 0.471. The van der Waals surface area contributed by atoms with Crippen molar-refractivity contribution >= 4 is 11.6 Å².